The zero-order chi connectivity index (χ0) is 23.2. The Balaban J connectivity index is 1.55. The number of rotatable bonds is 7. The summed E-state index contributed by atoms with van der Waals surface area (Å²) < 4.78 is 13.4. The molecule has 1 heterocycles. The summed E-state index contributed by atoms with van der Waals surface area (Å²) in [5, 5.41) is 25.6. The number of nitrogens with zero attached hydrogens (tertiary/aromatic N) is 5. The van der Waals surface area contributed by atoms with E-state index >= 15 is 0 Å². The van der Waals surface area contributed by atoms with Gasteiger partial charge in [-0.3, -0.25) is 10.1 Å². The number of hydrogen-bond donors (Lipinski definition) is 2. The highest BCUT2D eigenvalue weighted by Crippen LogP contribution is 2.34. The standard InChI is InChI=1S/C22H15ClFN7O2/c23-18-12-17(10-11-19(18)24)28-22-20(31(32)33)21(25-13-26-22)27-14-6-8-16(9-7-14)30-29-15-4-2-1-3-5-15/h1-13H,(H2,25,26,27,28). The molecule has 0 bridgehead atoms. The maximum atomic E-state index is 13.4. The van der Waals surface area contributed by atoms with Crippen LogP contribution in [0.4, 0.5) is 44.5 Å². The molecule has 0 aliphatic rings. The molecule has 4 aromatic rings. The Bertz CT molecular complexity index is 1320. The van der Waals surface area contributed by atoms with Crippen molar-refractivity contribution < 1.29 is 9.31 Å². The molecule has 2 N–H and O–H groups in total. The smallest absolute Gasteiger partial charge is 0.334 e. The molecule has 11 heteroatoms. The van der Waals surface area contributed by atoms with Gasteiger partial charge < -0.3 is 10.6 Å². The average Bonchev–Trinajstić information content (AvgIpc) is 2.82. The third-order valence-electron chi connectivity index (χ3n) is 4.35. The number of benzene rings is 3. The van der Waals surface area contributed by atoms with Crippen LogP contribution < -0.4 is 10.6 Å². The van der Waals surface area contributed by atoms with Crippen LogP contribution in [0.5, 0.6) is 0 Å². The van der Waals surface area contributed by atoms with Crippen LogP contribution in [-0.2, 0) is 0 Å². The van der Waals surface area contributed by atoms with E-state index in [0.717, 1.165) is 11.8 Å². The Kier molecular flexibility index (Phi) is 6.46. The van der Waals surface area contributed by atoms with Gasteiger partial charge in [-0.05, 0) is 54.6 Å². The maximum absolute atomic E-state index is 13.4. The third-order valence-corrected chi connectivity index (χ3v) is 4.64. The predicted molar refractivity (Wildman–Crippen MR) is 124 cm³/mol. The van der Waals surface area contributed by atoms with Crippen LogP contribution in [-0.4, -0.2) is 14.9 Å². The van der Waals surface area contributed by atoms with Gasteiger partial charge in [0.2, 0.25) is 11.6 Å². The van der Waals surface area contributed by atoms with Gasteiger partial charge >= 0.3 is 5.69 Å². The van der Waals surface area contributed by atoms with Gasteiger partial charge in [0.25, 0.3) is 0 Å². The van der Waals surface area contributed by atoms with Crippen LogP contribution in [0, 0.1) is 15.9 Å². The molecule has 0 spiro atoms. The number of azo groups is 1. The lowest BCUT2D eigenvalue weighted by Gasteiger charge is -2.10. The molecule has 33 heavy (non-hydrogen) atoms. The van der Waals surface area contributed by atoms with Crippen LogP contribution in [0.25, 0.3) is 0 Å². The summed E-state index contributed by atoms with van der Waals surface area (Å²) in [5.74, 6) is -0.702. The Labute approximate surface area is 192 Å². The summed E-state index contributed by atoms with van der Waals surface area (Å²) in [6.07, 6.45) is 1.17. The minimum absolute atomic E-state index is 0.0237. The molecule has 1 aromatic heterocycles. The van der Waals surface area contributed by atoms with Crippen LogP contribution in [0.1, 0.15) is 0 Å². The van der Waals surface area contributed by atoms with Crippen LogP contribution in [0.3, 0.4) is 0 Å². The molecule has 0 unspecified atom stereocenters. The molecule has 164 valence electrons. The molecule has 0 amide bonds. The van der Waals surface area contributed by atoms with E-state index in [4.69, 9.17) is 11.6 Å². The fourth-order valence-corrected chi connectivity index (χ4v) is 2.98. The van der Waals surface area contributed by atoms with Gasteiger partial charge in [-0.1, -0.05) is 29.8 Å². The summed E-state index contributed by atoms with van der Waals surface area (Å²) in [6.45, 7) is 0. The molecule has 4 rings (SSSR count). The Morgan fingerprint density at radius 2 is 1.42 bits per heavy atom. The van der Waals surface area contributed by atoms with Crippen molar-refractivity contribution in [3.8, 4) is 0 Å². The first-order valence-electron chi connectivity index (χ1n) is 9.55. The van der Waals surface area contributed by atoms with E-state index in [2.05, 4.69) is 30.8 Å². The lowest BCUT2D eigenvalue weighted by atomic mass is 10.2. The minimum Gasteiger partial charge on any atom is -0.334 e. The molecule has 3 aromatic carbocycles. The molecular weight excluding hydrogens is 449 g/mol. The lowest BCUT2D eigenvalue weighted by Crippen LogP contribution is -2.05. The minimum atomic E-state index is -0.613. The van der Waals surface area contributed by atoms with Gasteiger partial charge in [0.15, 0.2) is 0 Å². The predicted octanol–water partition coefficient (Wildman–Crippen LogP) is 7.08. The van der Waals surface area contributed by atoms with Gasteiger partial charge in [0, 0.05) is 11.4 Å². The number of nitrogens with one attached hydrogen (secondary N) is 2. The van der Waals surface area contributed by atoms with Crippen molar-refractivity contribution in [2.75, 3.05) is 10.6 Å². The molecule has 0 saturated heterocycles. The molecule has 0 radical (unpaired) electrons. The van der Waals surface area contributed by atoms with Crippen molar-refractivity contribution >= 4 is 51.7 Å². The Hall–Kier alpha value is -4.44. The van der Waals surface area contributed by atoms with Crippen LogP contribution in [0.2, 0.25) is 5.02 Å². The van der Waals surface area contributed by atoms with Crippen LogP contribution >= 0.6 is 11.6 Å². The average molecular weight is 464 g/mol. The Morgan fingerprint density at radius 1 is 0.848 bits per heavy atom. The first-order chi connectivity index (χ1) is 16.0. The molecule has 0 aliphatic carbocycles. The molecular formula is C22H15ClFN7O2. The highest BCUT2D eigenvalue weighted by Gasteiger charge is 2.23. The van der Waals surface area contributed by atoms with Crippen molar-refractivity contribution in [1.82, 2.24) is 9.97 Å². The van der Waals surface area contributed by atoms with E-state index in [9.17, 15) is 14.5 Å². The fourth-order valence-electron chi connectivity index (χ4n) is 2.80. The summed E-state index contributed by atoms with van der Waals surface area (Å²) in [6, 6.07) is 19.9. The number of anilines is 4. The zero-order valence-electron chi connectivity index (χ0n) is 16.8. The second-order valence-electron chi connectivity index (χ2n) is 6.64. The molecule has 0 aliphatic heterocycles. The normalized spacial score (nSPS) is 10.8. The third kappa shape index (κ3) is 5.43. The monoisotopic (exact) mass is 463 g/mol. The van der Waals surface area contributed by atoms with E-state index in [0.29, 0.717) is 17.1 Å². The summed E-state index contributed by atoms with van der Waals surface area (Å²) >= 11 is 5.78. The number of nitro groups is 1. The number of hydrogen-bond acceptors (Lipinski definition) is 8. The van der Waals surface area contributed by atoms with Crippen LogP contribution in [0.15, 0.2) is 89.4 Å². The molecule has 0 saturated carbocycles. The van der Waals surface area contributed by atoms with Gasteiger partial charge in [-0.2, -0.15) is 10.2 Å². The fraction of sp³-hybridized carbons (Fsp3) is 0. The van der Waals surface area contributed by atoms with Crippen molar-refractivity contribution in [2.45, 2.75) is 0 Å². The first kappa shape index (κ1) is 21.8. The second-order valence-corrected chi connectivity index (χ2v) is 7.05. The summed E-state index contributed by atoms with van der Waals surface area (Å²) in [4.78, 5) is 19.1. The van der Waals surface area contributed by atoms with Crippen molar-refractivity contribution in [3.05, 3.63) is 100 Å². The van der Waals surface area contributed by atoms with E-state index < -0.39 is 10.7 Å². The highest BCUT2D eigenvalue weighted by atomic mass is 35.5. The van der Waals surface area contributed by atoms with Crippen molar-refractivity contribution in [1.29, 1.82) is 0 Å². The van der Waals surface area contributed by atoms with Gasteiger partial charge in [0.05, 0.1) is 21.3 Å². The summed E-state index contributed by atoms with van der Waals surface area (Å²) in [7, 11) is 0. The Morgan fingerprint density at radius 3 is 2.03 bits per heavy atom. The quantitative estimate of drug-likeness (QED) is 0.172. The molecule has 9 nitrogen and oxygen atoms in total. The first-order valence-corrected chi connectivity index (χ1v) is 9.93. The van der Waals surface area contributed by atoms with E-state index in [1.165, 1.54) is 18.5 Å². The van der Waals surface area contributed by atoms with Gasteiger partial charge in [-0.15, -0.1) is 0 Å². The van der Waals surface area contributed by atoms with E-state index in [1.54, 1.807) is 24.3 Å². The van der Waals surface area contributed by atoms with Gasteiger partial charge in [0.1, 0.15) is 12.1 Å². The number of halogens is 2. The topological polar surface area (TPSA) is 118 Å². The maximum Gasteiger partial charge on any atom is 0.353 e. The summed E-state index contributed by atoms with van der Waals surface area (Å²) in [5.41, 5.74) is 1.83. The van der Waals surface area contributed by atoms with E-state index in [-0.39, 0.29) is 22.3 Å². The lowest BCUT2D eigenvalue weighted by molar-refractivity contribution is -0.383. The molecule has 0 fully saturated rings. The zero-order valence-corrected chi connectivity index (χ0v) is 17.6. The van der Waals surface area contributed by atoms with Crippen molar-refractivity contribution in [2.24, 2.45) is 10.2 Å². The van der Waals surface area contributed by atoms with Crippen molar-refractivity contribution in [3.63, 3.8) is 0 Å². The van der Waals surface area contributed by atoms with E-state index in [1.807, 2.05) is 30.3 Å². The highest BCUT2D eigenvalue weighted by molar-refractivity contribution is 6.31. The molecule has 0 atom stereocenters. The van der Waals surface area contributed by atoms with Gasteiger partial charge in [-0.25, -0.2) is 14.4 Å². The SMILES string of the molecule is O=[N+]([O-])c1c(Nc2ccc(N=Nc3ccccc3)cc2)ncnc1Nc1ccc(F)c(Cl)c1. The largest absolute Gasteiger partial charge is 0.353 e. The number of aromatic nitrogens is 2. The second kappa shape index (κ2) is 9.79.